The second-order valence-corrected chi connectivity index (χ2v) is 7.13. The molecule has 0 unspecified atom stereocenters. The summed E-state index contributed by atoms with van der Waals surface area (Å²) in [5.41, 5.74) is 7.72. The molecule has 0 saturated heterocycles. The quantitative estimate of drug-likeness (QED) is 0.288. The lowest BCUT2D eigenvalue weighted by Gasteiger charge is -1.98. The normalized spacial score (nSPS) is 12.6. The summed E-state index contributed by atoms with van der Waals surface area (Å²) in [6, 6.07) is 22.8. The molecule has 0 bridgehead atoms. The first-order chi connectivity index (χ1) is 12.8. The number of halogens is 1. The molecule has 1 heterocycles. The number of nitrogens with one attached hydrogen (secondary N) is 1. The standard InChI is InChI=1S/C22H14BrN3/c23-15-9-10-21-20(11-15)14(12-24-21)13-25-26-22-18-7-3-1-5-16(18)17-6-2-4-8-19(17)22/h1-13,24H/b25-13-. The van der Waals surface area contributed by atoms with Gasteiger partial charge in [0.25, 0.3) is 0 Å². The molecule has 26 heavy (non-hydrogen) atoms. The van der Waals surface area contributed by atoms with Crippen LogP contribution in [0.5, 0.6) is 0 Å². The summed E-state index contributed by atoms with van der Waals surface area (Å²) in [5.74, 6) is 0. The topological polar surface area (TPSA) is 40.5 Å². The van der Waals surface area contributed by atoms with Gasteiger partial charge in [-0.1, -0.05) is 64.5 Å². The highest BCUT2D eigenvalue weighted by Crippen LogP contribution is 2.36. The average Bonchev–Trinajstić information content (AvgIpc) is 3.21. The Morgan fingerprint density at radius 3 is 2.15 bits per heavy atom. The average molecular weight is 400 g/mol. The molecule has 124 valence electrons. The molecule has 0 aliphatic heterocycles. The summed E-state index contributed by atoms with van der Waals surface area (Å²) in [6.07, 6.45) is 3.76. The number of aromatic nitrogens is 1. The molecule has 0 fully saturated rings. The molecule has 0 amide bonds. The molecule has 1 aliphatic carbocycles. The molecule has 5 rings (SSSR count). The minimum atomic E-state index is 0.925. The second kappa shape index (κ2) is 6.07. The van der Waals surface area contributed by atoms with Crippen molar-refractivity contribution in [3.63, 3.8) is 0 Å². The molecule has 1 aliphatic rings. The molecule has 4 aromatic rings. The van der Waals surface area contributed by atoms with Gasteiger partial charge in [0.15, 0.2) is 0 Å². The molecule has 0 radical (unpaired) electrons. The predicted octanol–water partition coefficient (Wildman–Crippen LogP) is 5.78. The summed E-state index contributed by atoms with van der Waals surface area (Å²) >= 11 is 3.52. The maximum atomic E-state index is 4.57. The number of hydrogen-bond acceptors (Lipinski definition) is 2. The van der Waals surface area contributed by atoms with Gasteiger partial charge < -0.3 is 4.98 Å². The van der Waals surface area contributed by atoms with Gasteiger partial charge in [0.2, 0.25) is 0 Å². The monoisotopic (exact) mass is 399 g/mol. The van der Waals surface area contributed by atoms with Gasteiger partial charge >= 0.3 is 0 Å². The van der Waals surface area contributed by atoms with Crippen molar-refractivity contribution in [3.05, 3.63) is 94.1 Å². The van der Waals surface area contributed by atoms with E-state index in [1.807, 2.05) is 36.7 Å². The molecule has 0 atom stereocenters. The van der Waals surface area contributed by atoms with Gasteiger partial charge in [-0.2, -0.15) is 5.10 Å². The predicted molar refractivity (Wildman–Crippen MR) is 111 cm³/mol. The Kier molecular flexibility index (Phi) is 3.57. The Labute approximate surface area is 159 Å². The third-order valence-electron chi connectivity index (χ3n) is 4.68. The summed E-state index contributed by atoms with van der Waals surface area (Å²) in [4.78, 5) is 3.26. The molecule has 0 spiro atoms. The molecular formula is C22H14BrN3. The van der Waals surface area contributed by atoms with Crippen LogP contribution in [0.3, 0.4) is 0 Å². The Bertz CT molecular complexity index is 1150. The van der Waals surface area contributed by atoms with E-state index in [0.29, 0.717) is 0 Å². The van der Waals surface area contributed by atoms with E-state index >= 15 is 0 Å². The van der Waals surface area contributed by atoms with Crippen molar-refractivity contribution in [2.45, 2.75) is 0 Å². The lowest BCUT2D eigenvalue weighted by Crippen LogP contribution is -1.97. The summed E-state index contributed by atoms with van der Waals surface area (Å²) in [6.45, 7) is 0. The smallest absolute Gasteiger partial charge is 0.101 e. The van der Waals surface area contributed by atoms with Gasteiger partial charge in [-0.3, -0.25) is 0 Å². The van der Waals surface area contributed by atoms with Crippen LogP contribution in [0.15, 0.2) is 87.6 Å². The van der Waals surface area contributed by atoms with Crippen LogP contribution in [0.1, 0.15) is 16.7 Å². The van der Waals surface area contributed by atoms with Gasteiger partial charge in [-0.25, -0.2) is 0 Å². The molecule has 0 saturated carbocycles. The summed E-state index contributed by atoms with van der Waals surface area (Å²) < 4.78 is 1.05. The number of hydrogen-bond donors (Lipinski definition) is 1. The summed E-state index contributed by atoms with van der Waals surface area (Å²) in [5, 5.41) is 10.1. The van der Waals surface area contributed by atoms with Crippen LogP contribution in [0.2, 0.25) is 0 Å². The van der Waals surface area contributed by atoms with Crippen LogP contribution in [0.25, 0.3) is 22.0 Å². The van der Waals surface area contributed by atoms with Crippen LogP contribution in [-0.2, 0) is 0 Å². The molecule has 4 heteroatoms. The Morgan fingerprint density at radius 2 is 1.46 bits per heavy atom. The largest absolute Gasteiger partial charge is 0.361 e. The van der Waals surface area contributed by atoms with Gasteiger partial charge in [-0.05, 0) is 29.3 Å². The third kappa shape index (κ3) is 2.42. The first-order valence-corrected chi connectivity index (χ1v) is 9.17. The van der Waals surface area contributed by atoms with Gasteiger partial charge in [-0.15, -0.1) is 5.10 Å². The van der Waals surface area contributed by atoms with Crippen LogP contribution in [0, 0.1) is 0 Å². The van der Waals surface area contributed by atoms with E-state index in [4.69, 9.17) is 0 Å². The molecule has 3 aromatic carbocycles. The number of aromatic amines is 1. The van der Waals surface area contributed by atoms with Crippen molar-refractivity contribution in [3.8, 4) is 11.1 Å². The Balaban J connectivity index is 1.58. The number of fused-ring (bicyclic) bond motifs is 4. The molecule has 1 aromatic heterocycles. The van der Waals surface area contributed by atoms with Gasteiger partial charge in [0.05, 0.1) is 6.21 Å². The van der Waals surface area contributed by atoms with E-state index in [0.717, 1.165) is 37.8 Å². The van der Waals surface area contributed by atoms with Crippen LogP contribution >= 0.6 is 15.9 Å². The lowest BCUT2D eigenvalue weighted by molar-refractivity contribution is 1.25. The number of benzene rings is 3. The first-order valence-electron chi connectivity index (χ1n) is 8.38. The van der Waals surface area contributed by atoms with Gasteiger partial charge in [0, 0.05) is 38.3 Å². The maximum absolute atomic E-state index is 4.57. The lowest BCUT2D eigenvalue weighted by atomic mass is 10.1. The van der Waals surface area contributed by atoms with Crippen molar-refractivity contribution in [1.82, 2.24) is 4.98 Å². The van der Waals surface area contributed by atoms with Crippen LogP contribution in [-0.4, -0.2) is 16.9 Å². The van der Waals surface area contributed by atoms with Crippen molar-refractivity contribution >= 4 is 38.8 Å². The van der Waals surface area contributed by atoms with E-state index < -0.39 is 0 Å². The van der Waals surface area contributed by atoms with Crippen molar-refractivity contribution in [1.29, 1.82) is 0 Å². The Morgan fingerprint density at radius 1 is 0.808 bits per heavy atom. The zero-order valence-corrected chi connectivity index (χ0v) is 15.4. The van der Waals surface area contributed by atoms with E-state index in [1.165, 1.54) is 11.1 Å². The van der Waals surface area contributed by atoms with E-state index in [-0.39, 0.29) is 0 Å². The number of rotatable bonds is 2. The van der Waals surface area contributed by atoms with Crippen molar-refractivity contribution in [2.24, 2.45) is 10.2 Å². The van der Waals surface area contributed by atoms with Crippen molar-refractivity contribution in [2.75, 3.05) is 0 Å². The Hall–Kier alpha value is -2.98. The fourth-order valence-corrected chi connectivity index (χ4v) is 3.83. The zero-order chi connectivity index (χ0) is 17.5. The van der Waals surface area contributed by atoms with E-state index in [2.05, 4.69) is 73.6 Å². The zero-order valence-electron chi connectivity index (χ0n) is 13.8. The SMILES string of the molecule is Brc1ccc2[nH]cc(/C=N\N=C3c4ccccc4-c4ccccc43)c2c1. The third-order valence-corrected chi connectivity index (χ3v) is 5.18. The number of H-pyrrole nitrogens is 1. The maximum Gasteiger partial charge on any atom is 0.101 e. The molecule has 3 nitrogen and oxygen atoms in total. The second-order valence-electron chi connectivity index (χ2n) is 6.22. The first kappa shape index (κ1) is 15.3. The van der Waals surface area contributed by atoms with Gasteiger partial charge in [0.1, 0.15) is 5.71 Å². The van der Waals surface area contributed by atoms with Crippen LogP contribution < -0.4 is 0 Å². The highest BCUT2D eigenvalue weighted by Gasteiger charge is 2.23. The number of nitrogens with zero attached hydrogens (tertiary/aromatic N) is 2. The fraction of sp³-hybridized carbons (Fsp3) is 0. The van der Waals surface area contributed by atoms with E-state index in [9.17, 15) is 0 Å². The highest BCUT2D eigenvalue weighted by atomic mass is 79.9. The minimum absolute atomic E-state index is 0.925. The molecule has 1 N–H and O–H groups in total. The van der Waals surface area contributed by atoms with Crippen LogP contribution in [0.4, 0.5) is 0 Å². The highest BCUT2D eigenvalue weighted by molar-refractivity contribution is 9.10. The minimum Gasteiger partial charge on any atom is -0.361 e. The molecular weight excluding hydrogens is 386 g/mol. The van der Waals surface area contributed by atoms with E-state index in [1.54, 1.807) is 0 Å². The fourth-order valence-electron chi connectivity index (χ4n) is 3.47. The summed E-state index contributed by atoms with van der Waals surface area (Å²) in [7, 11) is 0. The van der Waals surface area contributed by atoms with Crippen molar-refractivity contribution < 1.29 is 0 Å².